The van der Waals surface area contributed by atoms with Crippen molar-refractivity contribution in [1.82, 2.24) is 0 Å². The lowest BCUT2D eigenvalue weighted by molar-refractivity contribution is -0.169. The molecule has 106 valence electrons. The molecular formula is C17H26O2. The molecule has 0 amide bonds. The van der Waals surface area contributed by atoms with E-state index in [-0.39, 0.29) is 17.3 Å². The first-order valence-electron chi connectivity index (χ1n) is 6.97. The summed E-state index contributed by atoms with van der Waals surface area (Å²) in [6, 6.07) is 9.85. The SMILES string of the molecule is CC[C@@H](C(=O)OC(C)(C)C(C)(C)C)c1ccccc1. The average Bonchev–Trinajstić information content (AvgIpc) is 2.29. The van der Waals surface area contributed by atoms with Gasteiger partial charge in [0.2, 0.25) is 0 Å². The van der Waals surface area contributed by atoms with E-state index in [1.807, 2.05) is 51.1 Å². The van der Waals surface area contributed by atoms with Gasteiger partial charge in [-0.2, -0.15) is 0 Å². The quantitative estimate of drug-likeness (QED) is 0.744. The maximum Gasteiger partial charge on any atom is 0.313 e. The molecule has 0 saturated carbocycles. The van der Waals surface area contributed by atoms with Crippen LogP contribution >= 0.6 is 0 Å². The maximum atomic E-state index is 12.4. The van der Waals surface area contributed by atoms with Crippen LogP contribution in [-0.4, -0.2) is 11.6 Å². The summed E-state index contributed by atoms with van der Waals surface area (Å²) < 4.78 is 5.77. The smallest absolute Gasteiger partial charge is 0.313 e. The molecule has 1 aromatic carbocycles. The molecule has 1 aromatic rings. The summed E-state index contributed by atoms with van der Waals surface area (Å²) >= 11 is 0. The van der Waals surface area contributed by atoms with E-state index in [1.54, 1.807) is 0 Å². The van der Waals surface area contributed by atoms with Crippen molar-refractivity contribution in [2.45, 2.75) is 59.5 Å². The van der Waals surface area contributed by atoms with Crippen LogP contribution in [-0.2, 0) is 9.53 Å². The lowest BCUT2D eigenvalue weighted by Crippen LogP contribution is -2.42. The van der Waals surface area contributed by atoms with Crippen molar-refractivity contribution in [3.05, 3.63) is 35.9 Å². The van der Waals surface area contributed by atoms with Crippen molar-refractivity contribution in [3.8, 4) is 0 Å². The highest BCUT2D eigenvalue weighted by atomic mass is 16.6. The van der Waals surface area contributed by atoms with E-state index < -0.39 is 5.60 Å². The normalized spacial score (nSPS) is 14.0. The van der Waals surface area contributed by atoms with Gasteiger partial charge in [-0.15, -0.1) is 0 Å². The van der Waals surface area contributed by atoms with E-state index >= 15 is 0 Å². The van der Waals surface area contributed by atoms with Gasteiger partial charge in [-0.3, -0.25) is 4.79 Å². The predicted molar refractivity (Wildman–Crippen MR) is 79.1 cm³/mol. The molecular weight excluding hydrogens is 236 g/mol. The highest BCUT2D eigenvalue weighted by Crippen LogP contribution is 2.35. The number of carbonyl (C=O) groups excluding carboxylic acids is 1. The van der Waals surface area contributed by atoms with Crippen LogP contribution in [0.2, 0.25) is 0 Å². The Morgan fingerprint density at radius 1 is 1.11 bits per heavy atom. The van der Waals surface area contributed by atoms with E-state index in [1.165, 1.54) is 0 Å². The van der Waals surface area contributed by atoms with Gasteiger partial charge in [-0.05, 0) is 25.8 Å². The monoisotopic (exact) mass is 262 g/mol. The molecule has 0 aliphatic rings. The second-order valence-electron chi connectivity index (χ2n) is 6.55. The van der Waals surface area contributed by atoms with Crippen LogP contribution < -0.4 is 0 Å². The molecule has 0 unspecified atom stereocenters. The Kier molecular flexibility index (Phi) is 4.78. The number of rotatable bonds is 4. The van der Waals surface area contributed by atoms with E-state index in [4.69, 9.17) is 4.74 Å². The van der Waals surface area contributed by atoms with Crippen LogP contribution in [0.3, 0.4) is 0 Å². The Bertz CT molecular complexity index is 413. The molecule has 19 heavy (non-hydrogen) atoms. The average molecular weight is 262 g/mol. The Balaban J connectivity index is 2.88. The first-order chi connectivity index (χ1) is 8.69. The molecule has 0 heterocycles. The van der Waals surface area contributed by atoms with Gasteiger partial charge in [-0.25, -0.2) is 0 Å². The number of hydrogen-bond donors (Lipinski definition) is 0. The molecule has 0 aromatic heterocycles. The van der Waals surface area contributed by atoms with Gasteiger partial charge in [0.1, 0.15) is 5.60 Å². The Hall–Kier alpha value is -1.31. The minimum atomic E-state index is -0.480. The van der Waals surface area contributed by atoms with Crippen LogP contribution in [0.5, 0.6) is 0 Å². The zero-order chi connectivity index (χ0) is 14.7. The zero-order valence-electron chi connectivity index (χ0n) is 13.0. The number of ether oxygens (including phenoxy) is 1. The van der Waals surface area contributed by atoms with Gasteiger partial charge in [0.05, 0.1) is 5.92 Å². The molecule has 0 fully saturated rings. The molecule has 0 radical (unpaired) electrons. The third-order valence-corrected chi connectivity index (χ3v) is 4.06. The highest BCUT2D eigenvalue weighted by molar-refractivity contribution is 5.78. The summed E-state index contributed by atoms with van der Waals surface area (Å²) in [5.41, 5.74) is 0.462. The number of carbonyl (C=O) groups is 1. The number of hydrogen-bond acceptors (Lipinski definition) is 2. The second-order valence-corrected chi connectivity index (χ2v) is 6.55. The van der Waals surface area contributed by atoms with Crippen molar-refractivity contribution in [2.24, 2.45) is 5.41 Å². The van der Waals surface area contributed by atoms with Gasteiger partial charge in [0.25, 0.3) is 0 Å². The van der Waals surface area contributed by atoms with Gasteiger partial charge in [0, 0.05) is 5.41 Å². The fraction of sp³-hybridized carbons (Fsp3) is 0.588. The molecule has 2 heteroatoms. The summed E-state index contributed by atoms with van der Waals surface area (Å²) in [5.74, 6) is -0.309. The topological polar surface area (TPSA) is 26.3 Å². The van der Waals surface area contributed by atoms with Crippen LogP contribution in [0.15, 0.2) is 30.3 Å². The highest BCUT2D eigenvalue weighted by Gasteiger charge is 2.38. The minimum Gasteiger partial charge on any atom is -0.459 e. The standard InChI is InChI=1S/C17H26O2/c1-7-14(13-11-9-8-10-12-13)15(18)19-17(5,6)16(2,3)4/h8-12,14H,7H2,1-6H3/t14-/m1/s1. The van der Waals surface area contributed by atoms with Gasteiger partial charge in [-0.1, -0.05) is 58.0 Å². The van der Waals surface area contributed by atoms with Crippen LogP contribution in [0.25, 0.3) is 0 Å². The molecule has 0 aliphatic heterocycles. The lowest BCUT2D eigenvalue weighted by Gasteiger charge is -2.39. The van der Waals surface area contributed by atoms with Gasteiger partial charge in [0.15, 0.2) is 0 Å². The van der Waals surface area contributed by atoms with E-state index in [0.717, 1.165) is 12.0 Å². The largest absolute Gasteiger partial charge is 0.459 e. The lowest BCUT2D eigenvalue weighted by atomic mass is 9.79. The first kappa shape index (κ1) is 15.7. The van der Waals surface area contributed by atoms with Crippen LogP contribution in [0.1, 0.15) is 59.4 Å². The Labute approximate surface area is 117 Å². The molecule has 0 spiro atoms. The van der Waals surface area contributed by atoms with Crippen molar-refractivity contribution in [2.75, 3.05) is 0 Å². The Morgan fingerprint density at radius 2 is 1.63 bits per heavy atom. The van der Waals surface area contributed by atoms with Crippen molar-refractivity contribution >= 4 is 5.97 Å². The summed E-state index contributed by atoms with van der Waals surface area (Å²) in [6.07, 6.45) is 0.753. The minimum absolute atomic E-state index is 0.0857. The van der Waals surface area contributed by atoms with Crippen molar-refractivity contribution < 1.29 is 9.53 Å². The fourth-order valence-electron chi connectivity index (χ4n) is 1.70. The van der Waals surface area contributed by atoms with E-state index in [9.17, 15) is 4.79 Å². The van der Waals surface area contributed by atoms with Crippen LogP contribution in [0.4, 0.5) is 0 Å². The van der Waals surface area contributed by atoms with Crippen molar-refractivity contribution in [1.29, 1.82) is 0 Å². The second kappa shape index (κ2) is 5.77. The van der Waals surface area contributed by atoms with Crippen molar-refractivity contribution in [3.63, 3.8) is 0 Å². The van der Waals surface area contributed by atoms with Gasteiger partial charge >= 0.3 is 5.97 Å². The maximum absolute atomic E-state index is 12.4. The fourth-order valence-corrected chi connectivity index (χ4v) is 1.70. The van der Waals surface area contributed by atoms with Gasteiger partial charge < -0.3 is 4.74 Å². The summed E-state index contributed by atoms with van der Waals surface area (Å²) in [5, 5.41) is 0. The Morgan fingerprint density at radius 3 is 2.05 bits per heavy atom. The number of esters is 1. The van der Waals surface area contributed by atoms with E-state index in [2.05, 4.69) is 20.8 Å². The summed E-state index contributed by atoms with van der Waals surface area (Å²) in [7, 11) is 0. The predicted octanol–water partition coefficient (Wildman–Crippen LogP) is 4.55. The summed E-state index contributed by atoms with van der Waals surface area (Å²) in [6.45, 7) is 12.2. The summed E-state index contributed by atoms with van der Waals surface area (Å²) in [4.78, 5) is 12.4. The molecule has 0 bridgehead atoms. The molecule has 0 saturated heterocycles. The zero-order valence-corrected chi connectivity index (χ0v) is 13.0. The molecule has 1 atom stereocenters. The van der Waals surface area contributed by atoms with E-state index in [0.29, 0.717) is 0 Å². The van der Waals surface area contributed by atoms with Crippen LogP contribution in [0, 0.1) is 5.41 Å². The third-order valence-electron chi connectivity index (χ3n) is 4.06. The number of benzene rings is 1. The molecule has 0 aliphatic carbocycles. The molecule has 1 rings (SSSR count). The first-order valence-corrected chi connectivity index (χ1v) is 6.97. The third kappa shape index (κ3) is 3.82. The molecule has 0 N–H and O–H groups in total. The molecule has 2 nitrogen and oxygen atoms in total.